The van der Waals surface area contributed by atoms with Gasteiger partial charge in [-0.05, 0) is 42.2 Å². The van der Waals surface area contributed by atoms with E-state index < -0.39 is 6.04 Å². The Labute approximate surface area is 186 Å². The Morgan fingerprint density at radius 2 is 1.97 bits per heavy atom. The second-order valence-electron chi connectivity index (χ2n) is 8.59. The van der Waals surface area contributed by atoms with Crippen LogP contribution in [0.25, 0.3) is 10.9 Å². The summed E-state index contributed by atoms with van der Waals surface area (Å²) in [5.74, 6) is 2.15. The third kappa shape index (κ3) is 3.48. The quantitative estimate of drug-likeness (QED) is 0.486. The maximum Gasteiger partial charge on any atom is 0.323 e. The fourth-order valence-electron chi connectivity index (χ4n) is 5.53. The molecule has 1 fully saturated rings. The van der Waals surface area contributed by atoms with E-state index in [1.807, 2.05) is 24.3 Å². The van der Waals surface area contributed by atoms with Gasteiger partial charge in [-0.15, -0.1) is 6.42 Å². The number of piperidine rings is 1. The minimum atomic E-state index is -0.416. The first-order chi connectivity index (χ1) is 15.6. The summed E-state index contributed by atoms with van der Waals surface area (Å²) in [6.07, 6.45) is 7.67. The Morgan fingerprint density at radius 1 is 1.22 bits per heavy atom. The van der Waals surface area contributed by atoms with Gasteiger partial charge in [0, 0.05) is 35.1 Å². The molecule has 0 unspecified atom stereocenters. The number of aromatic nitrogens is 1. The molecule has 6 heteroatoms. The Balaban J connectivity index is 1.65. The standard InChI is InChI=1S/C26H26FN3O2/c1-3-12-28-18-13-22(16-8-10-17(27)11-9-16)30-23(14-18)25-20(15-24(30)26(31)32-2)19-6-4-5-7-21(19)29-25/h1,4-11,18,22-24,28-29H,12-15H2,2H3/t18-,22-,23+,24-/m0/s1. The van der Waals surface area contributed by atoms with Crippen LogP contribution >= 0.6 is 0 Å². The third-order valence-electron chi connectivity index (χ3n) is 6.89. The van der Waals surface area contributed by atoms with Crippen molar-refractivity contribution >= 4 is 16.9 Å². The van der Waals surface area contributed by atoms with Crippen molar-refractivity contribution in [2.24, 2.45) is 0 Å². The van der Waals surface area contributed by atoms with E-state index in [1.54, 1.807) is 0 Å². The molecule has 0 radical (unpaired) electrons. The Kier molecular flexibility index (Phi) is 5.46. The van der Waals surface area contributed by atoms with E-state index >= 15 is 0 Å². The topological polar surface area (TPSA) is 57.4 Å². The molecule has 3 aromatic rings. The van der Waals surface area contributed by atoms with Crippen molar-refractivity contribution in [3.05, 3.63) is 71.2 Å². The number of para-hydroxylation sites is 1. The second-order valence-corrected chi connectivity index (χ2v) is 8.59. The minimum absolute atomic E-state index is 0.0191. The molecule has 0 amide bonds. The maximum atomic E-state index is 13.7. The van der Waals surface area contributed by atoms with Gasteiger partial charge in [0.1, 0.15) is 11.9 Å². The second kappa shape index (κ2) is 8.42. The van der Waals surface area contributed by atoms with Crippen LogP contribution in [0.4, 0.5) is 4.39 Å². The smallest absolute Gasteiger partial charge is 0.323 e. The number of nitrogens with zero attached hydrogens (tertiary/aromatic N) is 1. The zero-order valence-electron chi connectivity index (χ0n) is 18.0. The summed E-state index contributed by atoms with van der Waals surface area (Å²) in [6.45, 7) is 0.480. The highest BCUT2D eigenvalue weighted by molar-refractivity contribution is 5.87. The number of ether oxygens (including phenoxy) is 1. The van der Waals surface area contributed by atoms with Gasteiger partial charge in [0.15, 0.2) is 0 Å². The summed E-state index contributed by atoms with van der Waals surface area (Å²) in [7, 11) is 1.44. The summed E-state index contributed by atoms with van der Waals surface area (Å²) in [5, 5.41) is 4.62. The van der Waals surface area contributed by atoms with Crippen LogP contribution in [-0.2, 0) is 16.0 Å². The lowest BCUT2D eigenvalue weighted by atomic mass is 9.79. The molecule has 1 saturated heterocycles. The van der Waals surface area contributed by atoms with Crippen LogP contribution < -0.4 is 5.32 Å². The maximum absolute atomic E-state index is 13.7. The van der Waals surface area contributed by atoms with Crippen LogP contribution in [0.1, 0.15) is 41.7 Å². The lowest BCUT2D eigenvalue weighted by Gasteiger charge is -2.50. The number of carbonyl (C=O) groups is 1. The highest BCUT2D eigenvalue weighted by Gasteiger charge is 2.48. The van der Waals surface area contributed by atoms with E-state index in [2.05, 4.69) is 33.3 Å². The van der Waals surface area contributed by atoms with E-state index in [0.29, 0.717) is 13.0 Å². The Hall–Kier alpha value is -3.14. The Bertz CT molecular complexity index is 1180. The first-order valence-corrected chi connectivity index (χ1v) is 11.0. The van der Waals surface area contributed by atoms with Crippen LogP contribution in [0, 0.1) is 18.2 Å². The average Bonchev–Trinajstić information content (AvgIpc) is 3.20. The average molecular weight is 432 g/mol. The number of methoxy groups -OCH3 is 1. The molecule has 0 spiro atoms. The number of rotatable bonds is 4. The van der Waals surface area contributed by atoms with Crippen molar-refractivity contribution in [1.82, 2.24) is 15.2 Å². The predicted octanol–water partition coefficient (Wildman–Crippen LogP) is 3.87. The van der Waals surface area contributed by atoms with E-state index in [0.717, 1.165) is 35.0 Å². The summed E-state index contributed by atoms with van der Waals surface area (Å²) in [5.41, 5.74) is 4.37. The molecule has 2 aliphatic heterocycles. The van der Waals surface area contributed by atoms with Crippen LogP contribution in [0.3, 0.4) is 0 Å². The number of hydrogen-bond donors (Lipinski definition) is 2. The van der Waals surface area contributed by atoms with Crippen molar-refractivity contribution in [3.63, 3.8) is 0 Å². The molecule has 3 heterocycles. The number of benzene rings is 2. The normalized spacial score (nSPS) is 25.0. The fraction of sp³-hybridized carbons (Fsp3) is 0.346. The molecule has 1 aromatic heterocycles. The van der Waals surface area contributed by atoms with Gasteiger partial charge in [-0.25, -0.2) is 4.39 Å². The number of fused-ring (bicyclic) bond motifs is 5. The monoisotopic (exact) mass is 431 g/mol. The lowest BCUT2D eigenvalue weighted by Crippen LogP contribution is -2.55. The summed E-state index contributed by atoms with van der Waals surface area (Å²) in [6, 6.07) is 14.5. The van der Waals surface area contributed by atoms with Gasteiger partial charge in [0.25, 0.3) is 0 Å². The molecule has 164 valence electrons. The van der Waals surface area contributed by atoms with Gasteiger partial charge in [-0.3, -0.25) is 9.69 Å². The number of aromatic amines is 1. The van der Waals surface area contributed by atoms with E-state index in [1.165, 1.54) is 24.8 Å². The van der Waals surface area contributed by atoms with Gasteiger partial charge in [-0.2, -0.15) is 0 Å². The molecule has 5 nitrogen and oxygen atoms in total. The fourth-order valence-corrected chi connectivity index (χ4v) is 5.53. The van der Waals surface area contributed by atoms with Crippen LogP contribution in [0.2, 0.25) is 0 Å². The predicted molar refractivity (Wildman–Crippen MR) is 121 cm³/mol. The molecule has 0 aliphatic carbocycles. The molecule has 0 bridgehead atoms. The van der Waals surface area contributed by atoms with E-state index in [-0.39, 0.29) is 29.9 Å². The van der Waals surface area contributed by atoms with Gasteiger partial charge in [-0.1, -0.05) is 36.3 Å². The first-order valence-electron chi connectivity index (χ1n) is 11.0. The number of carbonyl (C=O) groups excluding carboxylic acids is 1. The zero-order chi connectivity index (χ0) is 22.2. The van der Waals surface area contributed by atoms with Crippen LogP contribution in [0.15, 0.2) is 48.5 Å². The summed E-state index contributed by atoms with van der Waals surface area (Å²) in [4.78, 5) is 18.9. The van der Waals surface area contributed by atoms with E-state index in [4.69, 9.17) is 11.2 Å². The van der Waals surface area contributed by atoms with Crippen molar-refractivity contribution < 1.29 is 13.9 Å². The highest BCUT2D eigenvalue weighted by Crippen LogP contribution is 2.48. The Morgan fingerprint density at radius 3 is 2.72 bits per heavy atom. The van der Waals surface area contributed by atoms with Crippen LogP contribution in [0.5, 0.6) is 0 Å². The lowest BCUT2D eigenvalue weighted by molar-refractivity contribution is -0.152. The SMILES string of the molecule is C#CCN[C@@H]1C[C@@H]2c3[nH]c4ccccc4c3C[C@@H](C(=O)OC)N2[C@H](c2ccc(F)cc2)C1. The van der Waals surface area contributed by atoms with Crippen molar-refractivity contribution in [2.75, 3.05) is 13.7 Å². The number of H-pyrrole nitrogens is 1. The largest absolute Gasteiger partial charge is 0.468 e. The molecular formula is C26H26FN3O2. The van der Waals surface area contributed by atoms with Gasteiger partial charge < -0.3 is 15.0 Å². The minimum Gasteiger partial charge on any atom is -0.468 e. The van der Waals surface area contributed by atoms with E-state index in [9.17, 15) is 9.18 Å². The van der Waals surface area contributed by atoms with Crippen LogP contribution in [-0.4, -0.2) is 41.6 Å². The molecule has 32 heavy (non-hydrogen) atoms. The van der Waals surface area contributed by atoms with Gasteiger partial charge in [0.2, 0.25) is 0 Å². The number of nitrogens with one attached hydrogen (secondary N) is 2. The van der Waals surface area contributed by atoms with Crippen molar-refractivity contribution in [1.29, 1.82) is 0 Å². The summed E-state index contributed by atoms with van der Waals surface area (Å²) >= 11 is 0. The number of halogens is 1. The molecule has 2 aromatic carbocycles. The van der Waals surface area contributed by atoms with Gasteiger partial charge in [0.05, 0.1) is 19.7 Å². The third-order valence-corrected chi connectivity index (χ3v) is 6.89. The molecular weight excluding hydrogens is 405 g/mol. The molecule has 4 atom stereocenters. The molecule has 5 rings (SSSR count). The van der Waals surface area contributed by atoms with Gasteiger partial charge >= 0.3 is 5.97 Å². The van der Waals surface area contributed by atoms with Crippen molar-refractivity contribution in [2.45, 2.75) is 43.4 Å². The first kappa shape index (κ1) is 20.7. The molecule has 2 aliphatic rings. The zero-order valence-corrected chi connectivity index (χ0v) is 18.0. The number of hydrogen-bond acceptors (Lipinski definition) is 4. The van der Waals surface area contributed by atoms with Crippen molar-refractivity contribution in [3.8, 4) is 12.3 Å². The summed E-state index contributed by atoms with van der Waals surface area (Å²) < 4.78 is 18.9. The molecule has 0 saturated carbocycles. The molecule has 2 N–H and O–H groups in total. The number of terminal acetylenes is 1. The highest BCUT2D eigenvalue weighted by atomic mass is 19.1. The number of esters is 1.